The number of urea groups is 1. The van der Waals surface area contributed by atoms with Gasteiger partial charge in [-0.15, -0.1) is 0 Å². The second-order valence-corrected chi connectivity index (χ2v) is 9.49. The molecule has 2 saturated heterocycles. The molecule has 0 unspecified atom stereocenters. The number of hydrazine groups is 1. The summed E-state index contributed by atoms with van der Waals surface area (Å²) in [6.45, 7) is 6.37. The highest BCUT2D eigenvalue weighted by Crippen LogP contribution is 2.35. The van der Waals surface area contributed by atoms with Gasteiger partial charge in [0.1, 0.15) is 5.54 Å². The molecule has 4 rings (SSSR count). The van der Waals surface area contributed by atoms with Gasteiger partial charge in [0.2, 0.25) is 0 Å². The summed E-state index contributed by atoms with van der Waals surface area (Å²) in [5.74, 6) is -0.112. The Kier molecular flexibility index (Phi) is 6.50. The highest BCUT2D eigenvalue weighted by molar-refractivity contribution is 6.30. The van der Waals surface area contributed by atoms with Crippen LogP contribution in [0.5, 0.6) is 0 Å². The molecule has 2 heterocycles. The van der Waals surface area contributed by atoms with Crippen LogP contribution in [0.4, 0.5) is 4.79 Å². The van der Waals surface area contributed by atoms with Crippen molar-refractivity contribution in [3.05, 3.63) is 34.9 Å². The number of carbonyl (C=O) groups is 3. The molecule has 3 fully saturated rings. The van der Waals surface area contributed by atoms with Crippen molar-refractivity contribution in [2.45, 2.75) is 44.7 Å². The molecule has 3 aliphatic rings. The van der Waals surface area contributed by atoms with Gasteiger partial charge in [-0.2, -0.15) is 5.01 Å². The Morgan fingerprint density at radius 3 is 2.35 bits per heavy atom. The lowest BCUT2D eigenvalue weighted by Gasteiger charge is -2.34. The van der Waals surface area contributed by atoms with E-state index in [4.69, 9.17) is 11.6 Å². The molecule has 31 heavy (non-hydrogen) atoms. The molecule has 0 bridgehead atoms. The van der Waals surface area contributed by atoms with Crippen LogP contribution in [0.3, 0.4) is 0 Å². The monoisotopic (exact) mass is 447 g/mol. The van der Waals surface area contributed by atoms with Crippen LogP contribution in [-0.4, -0.2) is 70.9 Å². The number of nitrogens with zero attached hydrogens (tertiary/aromatic N) is 3. The zero-order chi connectivity index (χ0) is 22.0. The summed E-state index contributed by atoms with van der Waals surface area (Å²) < 4.78 is 0. The van der Waals surface area contributed by atoms with Crippen molar-refractivity contribution in [3.8, 4) is 0 Å². The predicted molar refractivity (Wildman–Crippen MR) is 117 cm³/mol. The molecule has 9 heteroatoms. The molecule has 8 nitrogen and oxygen atoms in total. The summed E-state index contributed by atoms with van der Waals surface area (Å²) in [5, 5.41) is 4.44. The van der Waals surface area contributed by atoms with E-state index in [1.54, 1.807) is 0 Å². The standard InChI is InChI=1S/C22H30ClN5O3/c1-16-6-8-22(9-7-16)20(30)28(21(31)24-22)25-19(29)15-27-12-10-26(11-13-27)14-17-2-4-18(23)5-3-17/h2-5,16H,6-15H2,1H3,(H,24,31)(H,25,29). The zero-order valence-electron chi connectivity index (χ0n) is 17.9. The maximum Gasteiger partial charge on any atom is 0.344 e. The predicted octanol–water partition coefficient (Wildman–Crippen LogP) is 1.99. The fourth-order valence-corrected chi connectivity index (χ4v) is 4.76. The van der Waals surface area contributed by atoms with Crippen LogP contribution in [0.15, 0.2) is 24.3 Å². The Morgan fingerprint density at radius 2 is 1.71 bits per heavy atom. The van der Waals surface area contributed by atoms with Crippen LogP contribution >= 0.6 is 11.6 Å². The summed E-state index contributed by atoms with van der Waals surface area (Å²) in [4.78, 5) is 42.1. The molecule has 168 valence electrons. The molecule has 0 radical (unpaired) electrons. The van der Waals surface area contributed by atoms with Gasteiger partial charge >= 0.3 is 6.03 Å². The van der Waals surface area contributed by atoms with E-state index in [9.17, 15) is 14.4 Å². The van der Waals surface area contributed by atoms with Crippen LogP contribution in [0, 0.1) is 5.92 Å². The van der Waals surface area contributed by atoms with E-state index in [2.05, 4.69) is 22.6 Å². The SMILES string of the molecule is CC1CCC2(CC1)NC(=O)N(NC(=O)CN1CCN(Cc3ccc(Cl)cc3)CC1)C2=O. The number of rotatable bonds is 5. The van der Waals surface area contributed by atoms with Crippen molar-refractivity contribution in [1.82, 2.24) is 25.6 Å². The average Bonchev–Trinajstić information content (AvgIpc) is 2.97. The lowest BCUT2D eigenvalue weighted by molar-refractivity contribution is -0.140. The fraction of sp³-hybridized carbons (Fsp3) is 0.591. The molecule has 1 aliphatic carbocycles. The molecule has 2 N–H and O–H groups in total. The molecule has 0 aromatic heterocycles. The van der Waals surface area contributed by atoms with Gasteiger partial charge in [0.05, 0.1) is 6.54 Å². The molecule has 1 aromatic rings. The van der Waals surface area contributed by atoms with Crippen LogP contribution in [-0.2, 0) is 16.1 Å². The molecule has 2 aliphatic heterocycles. The van der Waals surface area contributed by atoms with Crippen molar-refractivity contribution in [1.29, 1.82) is 0 Å². The topological polar surface area (TPSA) is 85.0 Å². The first-order valence-corrected chi connectivity index (χ1v) is 11.4. The summed E-state index contributed by atoms with van der Waals surface area (Å²) in [5.41, 5.74) is 2.90. The van der Waals surface area contributed by atoms with Crippen molar-refractivity contribution < 1.29 is 14.4 Å². The molecule has 1 saturated carbocycles. The Hall–Kier alpha value is -2.16. The number of piperazine rings is 1. The first-order valence-electron chi connectivity index (χ1n) is 11.0. The normalized spacial score (nSPS) is 27.5. The Balaban J connectivity index is 1.24. The number of halogens is 1. The van der Waals surface area contributed by atoms with E-state index in [-0.39, 0.29) is 18.4 Å². The van der Waals surface area contributed by atoms with Gasteiger partial charge in [0.25, 0.3) is 11.8 Å². The van der Waals surface area contributed by atoms with Gasteiger partial charge in [-0.05, 0) is 49.3 Å². The second kappa shape index (κ2) is 9.14. The number of hydrogen-bond donors (Lipinski definition) is 2. The van der Waals surface area contributed by atoms with E-state index in [0.717, 1.165) is 55.6 Å². The first-order chi connectivity index (χ1) is 14.8. The lowest BCUT2D eigenvalue weighted by atomic mass is 9.77. The number of nitrogens with one attached hydrogen (secondary N) is 2. The minimum Gasteiger partial charge on any atom is -0.322 e. The molecule has 0 atom stereocenters. The van der Waals surface area contributed by atoms with Crippen LogP contribution in [0.25, 0.3) is 0 Å². The fourth-order valence-electron chi connectivity index (χ4n) is 4.63. The summed E-state index contributed by atoms with van der Waals surface area (Å²) >= 11 is 5.94. The third-order valence-electron chi connectivity index (χ3n) is 6.68. The molecule has 1 spiro atoms. The minimum absolute atomic E-state index is 0.163. The van der Waals surface area contributed by atoms with Crippen molar-refractivity contribution >= 4 is 29.4 Å². The Labute approximate surface area is 187 Å². The average molecular weight is 448 g/mol. The highest BCUT2D eigenvalue weighted by Gasteiger charge is 2.52. The third-order valence-corrected chi connectivity index (χ3v) is 6.93. The molecular formula is C22H30ClN5O3. The van der Waals surface area contributed by atoms with Gasteiger partial charge in [-0.25, -0.2) is 4.79 Å². The first kappa shape index (κ1) is 22.0. The number of benzene rings is 1. The van der Waals surface area contributed by atoms with E-state index in [1.807, 2.05) is 29.2 Å². The summed E-state index contributed by atoms with van der Waals surface area (Å²) in [7, 11) is 0. The minimum atomic E-state index is -0.843. The summed E-state index contributed by atoms with van der Waals surface area (Å²) in [6.07, 6.45) is 3.05. The molecule has 4 amide bonds. The van der Waals surface area contributed by atoms with E-state index in [1.165, 1.54) is 5.56 Å². The third kappa shape index (κ3) is 5.02. The van der Waals surface area contributed by atoms with Gasteiger partial charge < -0.3 is 5.32 Å². The van der Waals surface area contributed by atoms with E-state index < -0.39 is 11.6 Å². The van der Waals surface area contributed by atoms with Crippen molar-refractivity contribution in [2.75, 3.05) is 32.7 Å². The lowest BCUT2D eigenvalue weighted by Crippen LogP contribution is -2.54. The zero-order valence-corrected chi connectivity index (χ0v) is 18.7. The van der Waals surface area contributed by atoms with Crippen LogP contribution in [0.1, 0.15) is 38.2 Å². The van der Waals surface area contributed by atoms with Gasteiger partial charge in [0, 0.05) is 37.7 Å². The Bertz CT molecular complexity index is 830. The number of carbonyl (C=O) groups excluding carboxylic acids is 3. The van der Waals surface area contributed by atoms with Crippen molar-refractivity contribution in [2.24, 2.45) is 5.92 Å². The van der Waals surface area contributed by atoms with Gasteiger partial charge in [-0.1, -0.05) is 30.7 Å². The summed E-state index contributed by atoms with van der Waals surface area (Å²) in [6, 6.07) is 7.32. The molecule has 1 aromatic carbocycles. The van der Waals surface area contributed by atoms with Gasteiger partial charge in [-0.3, -0.25) is 24.8 Å². The van der Waals surface area contributed by atoms with Crippen molar-refractivity contribution in [3.63, 3.8) is 0 Å². The molecular weight excluding hydrogens is 418 g/mol. The van der Waals surface area contributed by atoms with E-state index in [0.29, 0.717) is 18.8 Å². The number of amides is 4. The maximum atomic E-state index is 12.9. The van der Waals surface area contributed by atoms with Gasteiger partial charge in [0.15, 0.2) is 0 Å². The van der Waals surface area contributed by atoms with Crippen LogP contribution in [0.2, 0.25) is 5.02 Å². The van der Waals surface area contributed by atoms with E-state index >= 15 is 0 Å². The number of hydrogen-bond acceptors (Lipinski definition) is 5. The quantitative estimate of drug-likeness (QED) is 0.674. The van der Waals surface area contributed by atoms with Crippen LogP contribution < -0.4 is 10.7 Å². The second-order valence-electron chi connectivity index (χ2n) is 9.05. The Morgan fingerprint density at radius 1 is 1.10 bits per heavy atom. The highest BCUT2D eigenvalue weighted by atomic mass is 35.5. The smallest absolute Gasteiger partial charge is 0.322 e. The number of imide groups is 1. The maximum absolute atomic E-state index is 12.9. The largest absolute Gasteiger partial charge is 0.344 e.